The van der Waals surface area contributed by atoms with Crippen molar-refractivity contribution < 1.29 is 22.4 Å². The van der Waals surface area contributed by atoms with E-state index >= 15 is 0 Å². The van der Waals surface area contributed by atoms with E-state index in [2.05, 4.69) is 15.3 Å². The predicted molar refractivity (Wildman–Crippen MR) is 66.5 cm³/mol. The number of amides is 1. The minimum Gasteiger partial charge on any atom is -0.459 e. The predicted octanol–water partition coefficient (Wildman–Crippen LogP) is 2.37. The Balaban J connectivity index is 1.97. The molecule has 0 unspecified atom stereocenters. The Morgan fingerprint density at radius 2 is 2.14 bits per heavy atom. The first kappa shape index (κ1) is 15.0. The molecule has 0 radical (unpaired) electrons. The maximum atomic E-state index is 12.6. The Labute approximate surface area is 118 Å². The molecule has 0 aromatic carbocycles. The summed E-state index contributed by atoms with van der Waals surface area (Å²) in [6.07, 6.45) is -3.06. The topological polar surface area (TPSA) is 68.0 Å². The largest absolute Gasteiger partial charge is 0.459 e. The summed E-state index contributed by atoms with van der Waals surface area (Å²) in [6, 6.07) is 3.93. The fourth-order valence-corrected chi connectivity index (χ4v) is 1.67. The van der Waals surface area contributed by atoms with Gasteiger partial charge in [0.25, 0.3) is 5.91 Å². The Morgan fingerprint density at radius 1 is 1.38 bits per heavy atom. The number of aromatic nitrogens is 2. The van der Waals surface area contributed by atoms with E-state index in [0.29, 0.717) is 0 Å². The number of nitrogens with one attached hydrogen (secondary N) is 1. The minimum atomic E-state index is -4.51. The molecule has 8 heteroatoms. The van der Waals surface area contributed by atoms with Crippen LogP contribution in [0, 0.1) is 6.92 Å². The van der Waals surface area contributed by atoms with Crippen molar-refractivity contribution in [3.05, 3.63) is 47.4 Å². The molecule has 0 atom stereocenters. The Morgan fingerprint density at radius 3 is 2.76 bits per heavy atom. The van der Waals surface area contributed by atoms with Gasteiger partial charge < -0.3 is 9.73 Å². The van der Waals surface area contributed by atoms with Crippen LogP contribution < -0.4 is 5.32 Å². The molecule has 1 N–H and O–H groups in total. The van der Waals surface area contributed by atoms with Gasteiger partial charge in [0.15, 0.2) is 5.76 Å². The maximum Gasteiger partial charge on any atom is 0.433 e. The number of carbonyl (C=O) groups is 1. The Hall–Kier alpha value is -2.38. The lowest BCUT2D eigenvalue weighted by atomic mass is 10.3. The van der Waals surface area contributed by atoms with Gasteiger partial charge in [-0.15, -0.1) is 0 Å². The molecule has 112 valence electrons. The van der Waals surface area contributed by atoms with Crippen LogP contribution in [0.2, 0.25) is 0 Å². The highest BCUT2D eigenvalue weighted by atomic mass is 19.4. The second-order valence-corrected chi connectivity index (χ2v) is 4.29. The number of hydrogen-bond donors (Lipinski definition) is 1. The van der Waals surface area contributed by atoms with Gasteiger partial charge in [-0.2, -0.15) is 13.2 Å². The average Bonchev–Trinajstić information content (AvgIpc) is 2.90. The normalized spacial score (nSPS) is 11.4. The molecule has 2 aromatic rings. The highest BCUT2D eigenvalue weighted by Gasteiger charge is 2.33. The van der Waals surface area contributed by atoms with E-state index < -0.39 is 17.8 Å². The number of nitrogens with zero attached hydrogens (tertiary/aromatic N) is 2. The fourth-order valence-electron chi connectivity index (χ4n) is 1.67. The van der Waals surface area contributed by atoms with E-state index in [0.717, 1.165) is 6.07 Å². The SMILES string of the molecule is Cc1cc(C(F)(F)F)nc(CCNC(=O)c2ccco2)n1. The van der Waals surface area contributed by atoms with Gasteiger partial charge in [0.1, 0.15) is 11.5 Å². The first-order valence-corrected chi connectivity index (χ1v) is 6.10. The van der Waals surface area contributed by atoms with Gasteiger partial charge in [-0.05, 0) is 25.1 Å². The van der Waals surface area contributed by atoms with Crippen molar-refractivity contribution in [1.82, 2.24) is 15.3 Å². The van der Waals surface area contributed by atoms with Crippen LogP contribution in [0.5, 0.6) is 0 Å². The third-order valence-electron chi connectivity index (χ3n) is 2.57. The molecule has 2 heterocycles. The monoisotopic (exact) mass is 299 g/mol. The molecule has 0 bridgehead atoms. The van der Waals surface area contributed by atoms with Gasteiger partial charge in [-0.25, -0.2) is 9.97 Å². The van der Waals surface area contributed by atoms with Crippen molar-refractivity contribution in [2.24, 2.45) is 0 Å². The quantitative estimate of drug-likeness (QED) is 0.941. The molecular formula is C13H12F3N3O2. The molecule has 5 nitrogen and oxygen atoms in total. The molecule has 0 fully saturated rings. The summed E-state index contributed by atoms with van der Waals surface area (Å²) in [5.74, 6) is -0.276. The fraction of sp³-hybridized carbons (Fsp3) is 0.308. The molecule has 0 aliphatic rings. The zero-order valence-electron chi connectivity index (χ0n) is 11.1. The minimum absolute atomic E-state index is 0.0297. The van der Waals surface area contributed by atoms with Crippen LogP contribution in [-0.2, 0) is 12.6 Å². The van der Waals surface area contributed by atoms with E-state index in [1.165, 1.54) is 19.3 Å². The second-order valence-electron chi connectivity index (χ2n) is 4.29. The van der Waals surface area contributed by atoms with Crippen molar-refractivity contribution in [2.75, 3.05) is 6.54 Å². The van der Waals surface area contributed by atoms with Crippen molar-refractivity contribution in [3.8, 4) is 0 Å². The molecular weight excluding hydrogens is 287 g/mol. The standard InChI is InChI=1S/C13H12F3N3O2/c1-8-7-10(13(14,15)16)19-11(18-8)4-5-17-12(20)9-3-2-6-21-9/h2-3,6-7H,4-5H2,1H3,(H,17,20). The van der Waals surface area contributed by atoms with Gasteiger partial charge >= 0.3 is 6.18 Å². The summed E-state index contributed by atoms with van der Waals surface area (Å²) in [6.45, 7) is 1.57. The highest BCUT2D eigenvalue weighted by Crippen LogP contribution is 2.27. The lowest BCUT2D eigenvalue weighted by Gasteiger charge is -2.09. The number of furan rings is 1. The van der Waals surface area contributed by atoms with Crippen molar-refractivity contribution in [3.63, 3.8) is 0 Å². The van der Waals surface area contributed by atoms with Crippen LogP contribution in [0.1, 0.15) is 27.8 Å². The zero-order chi connectivity index (χ0) is 15.5. The number of hydrogen-bond acceptors (Lipinski definition) is 4. The maximum absolute atomic E-state index is 12.6. The van der Waals surface area contributed by atoms with E-state index in [9.17, 15) is 18.0 Å². The number of rotatable bonds is 4. The molecule has 0 spiro atoms. The van der Waals surface area contributed by atoms with E-state index in [4.69, 9.17) is 4.42 Å². The third kappa shape index (κ3) is 4.04. The van der Waals surface area contributed by atoms with Crippen LogP contribution in [0.3, 0.4) is 0 Å². The van der Waals surface area contributed by atoms with Crippen LogP contribution in [0.4, 0.5) is 13.2 Å². The highest BCUT2D eigenvalue weighted by molar-refractivity contribution is 5.91. The molecule has 0 saturated carbocycles. The molecule has 1 amide bonds. The van der Waals surface area contributed by atoms with Crippen LogP contribution >= 0.6 is 0 Å². The summed E-state index contributed by atoms with van der Waals surface area (Å²) in [4.78, 5) is 18.9. The smallest absolute Gasteiger partial charge is 0.433 e. The van der Waals surface area contributed by atoms with Crippen LogP contribution in [0.25, 0.3) is 0 Å². The van der Waals surface area contributed by atoms with Crippen molar-refractivity contribution in [2.45, 2.75) is 19.5 Å². The lowest BCUT2D eigenvalue weighted by molar-refractivity contribution is -0.141. The summed E-state index contributed by atoms with van der Waals surface area (Å²) < 4.78 is 42.7. The molecule has 21 heavy (non-hydrogen) atoms. The third-order valence-corrected chi connectivity index (χ3v) is 2.57. The van der Waals surface area contributed by atoms with E-state index in [1.807, 2.05) is 0 Å². The summed E-state index contributed by atoms with van der Waals surface area (Å²) >= 11 is 0. The number of halogens is 3. The van der Waals surface area contributed by atoms with Gasteiger partial charge in [0.05, 0.1) is 6.26 Å². The summed E-state index contributed by atoms with van der Waals surface area (Å²) in [5, 5.41) is 2.52. The van der Waals surface area contributed by atoms with Crippen molar-refractivity contribution >= 4 is 5.91 Å². The van der Waals surface area contributed by atoms with E-state index in [1.54, 1.807) is 6.07 Å². The van der Waals surface area contributed by atoms with Gasteiger partial charge in [0, 0.05) is 18.7 Å². The molecule has 0 saturated heterocycles. The average molecular weight is 299 g/mol. The Kier molecular flexibility index (Phi) is 4.25. The number of alkyl halides is 3. The first-order chi connectivity index (χ1) is 9.86. The van der Waals surface area contributed by atoms with Crippen LogP contribution in [-0.4, -0.2) is 22.4 Å². The van der Waals surface area contributed by atoms with Gasteiger partial charge in [-0.3, -0.25) is 4.79 Å². The summed E-state index contributed by atoms with van der Waals surface area (Å²) in [7, 11) is 0. The second kappa shape index (κ2) is 5.94. The number of carbonyl (C=O) groups excluding carboxylic acids is 1. The first-order valence-electron chi connectivity index (χ1n) is 6.10. The zero-order valence-corrected chi connectivity index (χ0v) is 11.1. The van der Waals surface area contributed by atoms with Crippen molar-refractivity contribution in [1.29, 1.82) is 0 Å². The molecule has 0 aliphatic carbocycles. The molecule has 2 aromatic heterocycles. The molecule has 2 rings (SSSR count). The summed E-state index contributed by atoms with van der Waals surface area (Å²) in [5.41, 5.74) is -0.757. The molecule has 0 aliphatic heterocycles. The lowest BCUT2D eigenvalue weighted by Crippen LogP contribution is -2.26. The number of aryl methyl sites for hydroxylation is 1. The van der Waals surface area contributed by atoms with E-state index in [-0.39, 0.29) is 30.2 Å². The van der Waals surface area contributed by atoms with Crippen LogP contribution in [0.15, 0.2) is 28.9 Å². The van der Waals surface area contributed by atoms with Gasteiger partial charge in [0.2, 0.25) is 0 Å². The van der Waals surface area contributed by atoms with Gasteiger partial charge in [-0.1, -0.05) is 0 Å². The Bertz CT molecular complexity index is 624.